The minimum Gasteiger partial charge on any atom is -0.354 e. The lowest BCUT2D eigenvalue weighted by Gasteiger charge is -2.39. The van der Waals surface area contributed by atoms with E-state index >= 15 is 0 Å². The van der Waals surface area contributed by atoms with Crippen molar-refractivity contribution in [3.63, 3.8) is 0 Å². The van der Waals surface area contributed by atoms with E-state index in [0.29, 0.717) is 11.8 Å². The fourth-order valence-corrected chi connectivity index (χ4v) is 3.23. The molecular formula is C14H23N3O. The molecule has 0 radical (unpaired) electrons. The maximum Gasteiger partial charge on any atom is 0.240 e. The van der Waals surface area contributed by atoms with Crippen LogP contribution in [0.2, 0.25) is 0 Å². The van der Waals surface area contributed by atoms with Crippen LogP contribution in [-0.4, -0.2) is 37.0 Å². The summed E-state index contributed by atoms with van der Waals surface area (Å²) in [7, 11) is 0. The Morgan fingerprint density at radius 2 is 2.28 bits per heavy atom. The second-order valence-electron chi connectivity index (χ2n) is 5.97. The molecule has 100 valence electrons. The lowest BCUT2D eigenvalue weighted by molar-refractivity contribution is -0.134. The second kappa shape index (κ2) is 5.27. The Bertz CT molecular complexity index is 355. The molecule has 0 aromatic heterocycles. The van der Waals surface area contributed by atoms with Gasteiger partial charge in [0.05, 0.1) is 6.07 Å². The zero-order valence-electron chi connectivity index (χ0n) is 11.4. The average molecular weight is 249 g/mol. The van der Waals surface area contributed by atoms with Crippen molar-refractivity contribution in [1.82, 2.24) is 10.2 Å². The highest BCUT2D eigenvalue weighted by Gasteiger charge is 2.48. The van der Waals surface area contributed by atoms with Crippen LogP contribution in [0, 0.1) is 28.6 Å². The molecule has 1 amide bonds. The normalized spacial score (nSPS) is 35.8. The summed E-state index contributed by atoms with van der Waals surface area (Å²) in [6.07, 6.45) is 2.60. The van der Waals surface area contributed by atoms with Gasteiger partial charge >= 0.3 is 0 Å². The summed E-state index contributed by atoms with van der Waals surface area (Å²) in [5.74, 6) is 1.03. The molecular weight excluding hydrogens is 226 g/mol. The molecule has 1 aliphatic heterocycles. The van der Waals surface area contributed by atoms with Crippen molar-refractivity contribution in [3.05, 3.63) is 0 Å². The molecule has 0 bridgehead atoms. The van der Waals surface area contributed by atoms with Crippen LogP contribution in [0.5, 0.6) is 0 Å². The van der Waals surface area contributed by atoms with Crippen molar-refractivity contribution in [2.24, 2.45) is 17.3 Å². The molecule has 0 aromatic rings. The number of carbonyl (C=O) groups is 1. The first kappa shape index (κ1) is 13.4. The van der Waals surface area contributed by atoms with Crippen LogP contribution in [-0.2, 0) is 4.79 Å². The predicted molar refractivity (Wildman–Crippen MR) is 69.7 cm³/mol. The Labute approximate surface area is 109 Å². The van der Waals surface area contributed by atoms with Crippen molar-refractivity contribution < 1.29 is 4.79 Å². The highest BCUT2D eigenvalue weighted by Crippen LogP contribution is 2.45. The van der Waals surface area contributed by atoms with Crippen molar-refractivity contribution in [2.75, 3.05) is 26.2 Å². The molecule has 1 heterocycles. The molecule has 1 unspecified atom stereocenters. The van der Waals surface area contributed by atoms with E-state index in [4.69, 9.17) is 0 Å². The lowest BCUT2D eigenvalue weighted by atomic mass is 9.63. The van der Waals surface area contributed by atoms with E-state index in [0.717, 1.165) is 45.4 Å². The molecule has 2 fully saturated rings. The van der Waals surface area contributed by atoms with Crippen molar-refractivity contribution >= 4 is 5.91 Å². The highest BCUT2D eigenvalue weighted by molar-refractivity contribution is 5.86. The lowest BCUT2D eigenvalue weighted by Crippen LogP contribution is -2.49. The van der Waals surface area contributed by atoms with Gasteiger partial charge in [-0.2, -0.15) is 5.26 Å². The molecule has 1 saturated carbocycles. The average Bonchev–Trinajstić information content (AvgIpc) is 2.79. The van der Waals surface area contributed by atoms with Crippen LogP contribution in [0.25, 0.3) is 0 Å². The van der Waals surface area contributed by atoms with Gasteiger partial charge in [0.2, 0.25) is 5.91 Å². The van der Waals surface area contributed by atoms with Crippen molar-refractivity contribution in [3.8, 4) is 6.07 Å². The van der Waals surface area contributed by atoms with Crippen LogP contribution in [0.1, 0.15) is 33.1 Å². The third-order valence-corrected chi connectivity index (χ3v) is 4.41. The molecule has 18 heavy (non-hydrogen) atoms. The third-order valence-electron chi connectivity index (χ3n) is 4.41. The molecule has 2 rings (SSSR count). The molecule has 2 aliphatic rings. The van der Waals surface area contributed by atoms with E-state index in [1.165, 1.54) is 0 Å². The van der Waals surface area contributed by atoms with Crippen molar-refractivity contribution in [2.45, 2.75) is 33.1 Å². The van der Waals surface area contributed by atoms with E-state index in [1.54, 1.807) is 0 Å². The topological polar surface area (TPSA) is 56.1 Å². The van der Waals surface area contributed by atoms with Crippen LogP contribution < -0.4 is 5.32 Å². The molecule has 1 atom stereocenters. The van der Waals surface area contributed by atoms with Gasteiger partial charge in [-0.3, -0.25) is 4.79 Å². The van der Waals surface area contributed by atoms with Gasteiger partial charge in [-0.15, -0.1) is 0 Å². The summed E-state index contributed by atoms with van der Waals surface area (Å²) in [4.78, 5) is 14.5. The summed E-state index contributed by atoms with van der Waals surface area (Å²) < 4.78 is 0. The van der Waals surface area contributed by atoms with Crippen LogP contribution in [0.3, 0.4) is 0 Å². The summed E-state index contributed by atoms with van der Waals surface area (Å²) >= 11 is 0. The predicted octanol–water partition coefficient (Wildman–Crippen LogP) is 1.38. The van der Waals surface area contributed by atoms with Gasteiger partial charge < -0.3 is 10.2 Å². The first-order valence-corrected chi connectivity index (χ1v) is 7.01. The number of nitrogens with one attached hydrogen (secondary N) is 1. The summed E-state index contributed by atoms with van der Waals surface area (Å²) in [6, 6.07) is 2.22. The van der Waals surface area contributed by atoms with E-state index in [9.17, 15) is 10.1 Å². The summed E-state index contributed by atoms with van der Waals surface area (Å²) in [6.45, 7) is 8.29. The highest BCUT2D eigenvalue weighted by atomic mass is 16.2. The van der Waals surface area contributed by atoms with Gasteiger partial charge in [0.25, 0.3) is 0 Å². The number of hydrogen-bond donors (Lipinski definition) is 1. The number of rotatable bonds is 4. The largest absolute Gasteiger partial charge is 0.354 e. The molecule has 0 spiro atoms. The number of likely N-dealkylation sites (tertiary alicyclic amines) is 1. The Morgan fingerprint density at radius 1 is 1.56 bits per heavy atom. The maximum atomic E-state index is 12.1. The number of amides is 1. The zero-order chi connectivity index (χ0) is 13.2. The van der Waals surface area contributed by atoms with E-state index in [2.05, 4.69) is 30.1 Å². The Hall–Kier alpha value is -1.08. The Kier molecular flexibility index (Phi) is 3.91. The maximum absolute atomic E-state index is 12.1. The van der Waals surface area contributed by atoms with Crippen LogP contribution >= 0.6 is 0 Å². The van der Waals surface area contributed by atoms with E-state index < -0.39 is 5.41 Å². The molecule has 4 nitrogen and oxygen atoms in total. The number of nitrogens with zero attached hydrogens (tertiary/aromatic N) is 2. The Balaban J connectivity index is 1.77. The minimum absolute atomic E-state index is 0.0435. The van der Waals surface area contributed by atoms with Crippen LogP contribution in [0.4, 0.5) is 0 Å². The van der Waals surface area contributed by atoms with Crippen LogP contribution in [0.15, 0.2) is 0 Å². The van der Waals surface area contributed by atoms with E-state index in [1.807, 2.05) is 0 Å². The SMILES string of the molecule is CCN1CCC(CNC(=O)C2(C#N)CC(C)C2)C1. The minimum atomic E-state index is -0.720. The molecule has 1 aliphatic carbocycles. The van der Waals surface area contributed by atoms with Gasteiger partial charge in [-0.1, -0.05) is 13.8 Å². The molecule has 0 aromatic carbocycles. The fourth-order valence-electron chi connectivity index (χ4n) is 3.23. The van der Waals surface area contributed by atoms with Gasteiger partial charge in [0.1, 0.15) is 5.41 Å². The zero-order valence-corrected chi connectivity index (χ0v) is 11.4. The first-order chi connectivity index (χ1) is 8.59. The molecule has 4 heteroatoms. The Morgan fingerprint density at radius 3 is 2.78 bits per heavy atom. The summed E-state index contributed by atoms with van der Waals surface area (Å²) in [5, 5.41) is 12.2. The van der Waals surface area contributed by atoms with Gasteiger partial charge in [0.15, 0.2) is 0 Å². The quantitative estimate of drug-likeness (QED) is 0.819. The van der Waals surface area contributed by atoms with Gasteiger partial charge in [-0.05, 0) is 44.2 Å². The third kappa shape index (κ3) is 2.51. The van der Waals surface area contributed by atoms with Gasteiger partial charge in [0, 0.05) is 13.1 Å². The van der Waals surface area contributed by atoms with Crippen molar-refractivity contribution in [1.29, 1.82) is 5.26 Å². The number of carbonyl (C=O) groups excluding carboxylic acids is 1. The first-order valence-electron chi connectivity index (χ1n) is 7.01. The second-order valence-corrected chi connectivity index (χ2v) is 5.97. The number of nitriles is 1. The monoisotopic (exact) mass is 249 g/mol. The fraction of sp³-hybridized carbons (Fsp3) is 0.857. The smallest absolute Gasteiger partial charge is 0.240 e. The van der Waals surface area contributed by atoms with E-state index in [-0.39, 0.29) is 5.91 Å². The summed E-state index contributed by atoms with van der Waals surface area (Å²) in [5.41, 5.74) is -0.720. The molecule has 1 N–H and O–H groups in total. The number of hydrogen-bond acceptors (Lipinski definition) is 3. The standard InChI is InChI=1S/C14H23N3O/c1-3-17-5-4-12(9-17)8-16-13(18)14(10-15)6-11(2)7-14/h11-12H,3-9H2,1-2H3,(H,16,18). The molecule has 1 saturated heterocycles. The van der Waals surface area contributed by atoms with Gasteiger partial charge in [-0.25, -0.2) is 0 Å².